The number of ether oxygens (including phenoxy) is 2. The van der Waals surface area contributed by atoms with Crippen LogP contribution in [0.15, 0.2) is 48.5 Å². The molecule has 4 heteroatoms. The molecule has 0 aliphatic rings. The summed E-state index contributed by atoms with van der Waals surface area (Å²) in [4.78, 5) is 0. The Morgan fingerprint density at radius 2 is 1.90 bits per heavy atom. The van der Waals surface area contributed by atoms with E-state index in [1.807, 2.05) is 43.3 Å². The van der Waals surface area contributed by atoms with Crippen molar-refractivity contribution in [2.24, 2.45) is 0 Å². The minimum Gasteiger partial charge on any atom is -0.492 e. The zero-order valence-corrected chi connectivity index (χ0v) is 13.1. The lowest BCUT2D eigenvalue weighted by molar-refractivity contribution is 0.186. The van der Waals surface area contributed by atoms with E-state index in [9.17, 15) is 0 Å². The molecule has 3 nitrogen and oxygen atoms in total. The third kappa shape index (κ3) is 4.38. The minimum atomic E-state index is 0.0360. The molecule has 0 aromatic heterocycles. The van der Waals surface area contributed by atoms with Gasteiger partial charge in [-0.25, -0.2) is 0 Å². The van der Waals surface area contributed by atoms with E-state index >= 15 is 0 Å². The maximum absolute atomic E-state index is 6.10. The van der Waals surface area contributed by atoms with Gasteiger partial charge in [-0.05, 0) is 30.7 Å². The second-order valence-corrected chi connectivity index (χ2v) is 5.07. The number of hydrogen-bond acceptors (Lipinski definition) is 3. The molecule has 2 aromatic carbocycles. The molecule has 0 spiro atoms. The Kier molecular flexibility index (Phi) is 5.90. The van der Waals surface area contributed by atoms with Crippen LogP contribution in [0.4, 0.5) is 5.69 Å². The molecule has 0 radical (unpaired) electrons. The van der Waals surface area contributed by atoms with Crippen LogP contribution in [0.2, 0.25) is 5.02 Å². The lowest BCUT2D eigenvalue weighted by Gasteiger charge is -2.21. The normalized spacial score (nSPS) is 12.0. The molecule has 1 N–H and O–H groups in total. The van der Waals surface area contributed by atoms with E-state index in [1.54, 1.807) is 7.11 Å². The maximum atomic E-state index is 6.10. The average molecular weight is 306 g/mol. The van der Waals surface area contributed by atoms with Crippen LogP contribution < -0.4 is 10.1 Å². The molecule has 0 aliphatic heterocycles. The molecule has 112 valence electrons. The SMILES string of the molecule is CCOc1ccc(Cl)cc1NC(COC)c1ccccc1. The summed E-state index contributed by atoms with van der Waals surface area (Å²) >= 11 is 6.10. The van der Waals surface area contributed by atoms with Crippen LogP contribution in [0.1, 0.15) is 18.5 Å². The van der Waals surface area contributed by atoms with E-state index in [2.05, 4.69) is 17.4 Å². The van der Waals surface area contributed by atoms with Crippen molar-refractivity contribution in [2.75, 3.05) is 25.6 Å². The predicted octanol–water partition coefficient (Wildman–Crippen LogP) is 4.54. The van der Waals surface area contributed by atoms with E-state index < -0.39 is 0 Å². The van der Waals surface area contributed by atoms with Gasteiger partial charge in [0.2, 0.25) is 0 Å². The monoisotopic (exact) mass is 305 g/mol. The molecule has 1 unspecified atom stereocenters. The number of hydrogen-bond donors (Lipinski definition) is 1. The van der Waals surface area contributed by atoms with Gasteiger partial charge in [0, 0.05) is 12.1 Å². The summed E-state index contributed by atoms with van der Waals surface area (Å²) in [7, 11) is 1.69. The number of halogens is 1. The third-order valence-electron chi connectivity index (χ3n) is 3.11. The summed E-state index contributed by atoms with van der Waals surface area (Å²) in [6.07, 6.45) is 0. The zero-order valence-electron chi connectivity index (χ0n) is 12.3. The van der Waals surface area contributed by atoms with E-state index in [-0.39, 0.29) is 6.04 Å². The Morgan fingerprint density at radius 3 is 2.57 bits per heavy atom. The van der Waals surface area contributed by atoms with Crippen LogP contribution in [-0.4, -0.2) is 20.3 Å². The van der Waals surface area contributed by atoms with Crippen LogP contribution in [0.25, 0.3) is 0 Å². The van der Waals surface area contributed by atoms with Gasteiger partial charge in [-0.3, -0.25) is 0 Å². The molecule has 0 heterocycles. The van der Waals surface area contributed by atoms with Crippen LogP contribution in [0, 0.1) is 0 Å². The fourth-order valence-corrected chi connectivity index (χ4v) is 2.33. The highest BCUT2D eigenvalue weighted by Gasteiger charge is 2.14. The third-order valence-corrected chi connectivity index (χ3v) is 3.34. The molecular formula is C17H20ClNO2. The highest BCUT2D eigenvalue weighted by atomic mass is 35.5. The molecule has 0 saturated heterocycles. The van der Waals surface area contributed by atoms with Gasteiger partial charge in [-0.2, -0.15) is 0 Å². The van der Waals surface area contributed by atoms with E-state index in [4.69, 9.17) is 21.1 Å². The first-order valence-electron chi connectivity index (χ1n) is 6.97. The molecule has 1 atom stereocenters. The first-order valence-corrected chi connectivity index (χ1v) is 7.35. The number of methoxy groups -OCH3 is 1. The van der Waals surface area contributed by atoms with Crippen molar-refractivity contribution in [3.05, 3.63) is 59.1 Å². The van der Waals surface area contributed by atoms with Crippen LogP contribution >= 0.6 is 11.6 Å². The quantitative estimate of drug-likeness (QED) is 0.814. The first-order chi connectivity index (χ1) is 10.2. The van der Waals surface area contributed by atoms with E-state index in [1.165, 1.54) is 0 Å². The number of rotatable bonds is 7. The smallest absolute Gasteiger partial charge is 0.142 e. The van der Waals surface area contributed by atoms with Gasteiger partial charge >= 0.3 is 0 Å². The van der Waals surface area contributed by atoms with Gasteiger partial charge in [0.25, 0.3) is 0 Å². The number of anilines is 1. The topological polar surface area (TPSA) is 30.5 Å². The standard InChI is InChI=1S/C17H20ClNO2/c1-3-21-17-10-9-14(18)11-15(17)19-16(12-20-2)13-7-5-4-6-8-13/h4-11,16,19H,3,12H2,1-2H3. The lowest BCUT2D eigenvalue weighted by Crippen LogP contribution is -2.16. The Hall–Kier alpha value is -1.71. The Morgan fingerprint density at radius 1 is 1.14 bits per heavy atom. The zero-order chi connectivity index (χ0) is 15.1. The molecule has 2 aromatic rings. The summed E-state index contributed by atoms with van der Waals surface area (Å²) in [6.45, 7) is 3.13. The fourth-order valence-electron chi connectivity index (χ4n) is 2.16. The van der Waals surface area contributed by atoms with Gasteiger partial charge in [-0.15, -0.1) is 0 Å². The van der Waals surface area contributed by atoms with Crippen molar-refractivity contribution in [3.8, 4) is 5.75 Å². The highest BCUT2D eigenvalue weighted by Crippen LogP contribution is 2.31. The van der Waals surface area contributed by atoms with Crippen molar-refractivity contribution >= 4 is 17.3 Å². The van der Waals surface area contributed by atoms with Gasteiger partial charge in [0.15, 0.2) is 0 Å². The molecule has 0 amide bonds. The lowest BCUT2D eigenvalue weighted by atomic mass is 10.1. The predicted molar refractivity (Wildman–Crippen MR) is 87.3 cm³/mol. The summed E-state index contributed by atoms with van der Waals surface area (Å²) in [5.41, 5.74) is 2.03. The summed E-state index contributed by atoms with van der Waals surface area (Å²) in [5, 5.41) is 4.13. The largest absolute Gasteiger partial charge is 0.492 e. The maximum Gasteiger partial charge on any atom is 0.142 e. The molecule has 0 fully saturated rings. The molecule has 2 rings (SSSR count). The van der Waals surface area contributed by atoms with E-state index in [0.717, 1.165) is 17.0 Å². The van der Waals surface area contributed by atoms with Crippen LogP contribution in [-0.2, 0) is 4.74 Å². The van der Waals surface area contributed by atoms with Gasteiger partial charge in [0.05, 0.1) is 24.9 Å². The van der Waals surface area contributed by atoms with Crippen LogP contribution in [0.3, 0.4) is 0 Å². The van der Waals surface area contributed by atoms with Gasteiger partial charge in [-0.1, -0.05) is 41.9 Å². The van der Waals surface area contributed by atoms with Crippen LogP contribution in [0.5, 0.6) is 5.75 Å². The molecule has 0 saturated carbocycles. The fraction of sp³-hybridized carbons (Fsp3) is 0.294. The Labute approximate surface area is 130 Å². The number of benzene rings is 2. The molecular weight excluding hydrogens is 286 g/mol. The summed E-state index contributed by atoms with van der Waals surface area (Å²) < 4.78 is 11.0. The van der Waals surface area contributed by atoms with Crippen molar-refractivity contribution in [1.29, 1.82) is 0 Å². The Balaban J connectivity index is 2.26. The first kappa shape index (κ1) is 15.7. The highest BCUT2D eigenvalue weighted by molar-refractivity contribution is 6.30. The molecule has 0 bridgehead atoms. The van der Waals surface area contributed by atoms with Crippen molar-refractivity contribution in [1.82, 2.24) is 0 Å². The summed E-state index contributed by atoms with van der Waals surface area (Å²) in [5.74, 6) is 0.791. The second kappa shape index (κ2) is 7.91. The van der Waals surface area contributed by atoms with Crippen molar-refractivity contribution in [2.45, 2.75) is 13.0 Å². The second-order valence-electron chi connectivity index (χ2n) is 4.64. The molecule has 21 heavy (non-hydrogen) atoms. The van der Waals surface area contributed by atoms with Crippen molar-refractivity contribution < 1.29 is 9.47 Å². The summed E-state index contributed by atoms with van der Waals surface area (Å²) in [6, 6.07) is 15.8. The van der Waals surface area contributed by atoms with E-state index in [0.29, 0.717) is 18.2 Å². The van der Waals surface area contributed by atoms with Gasteiger partial charge < -0.3 is 14.8 Å². The van der Waals surface area contributed by atoms with Gasteiger partial charge in [0.1, 0.15) is 5.75 Å². The Bertz CT molecular complexity index is 560. The average Bonchev–Trinajstić information content (AvgIpc) is 2.50. The number of nitrogens with one attached hydrogen (secondary N) is 1. The molecule has 0 aliphatic carbocycles. The van der Waals surface area contributed by atoms with Crippen molar-refractivity contribution in [3.63, 3.8) is 0 Å². The minimum absolute atomic E-state index is 0.0360.